The summed E-state index contributed by atoms with van der Waals surface area (Å²) in [7, 11) is 1.38. The number of hydrogen-bond donors (Lipinski definition) is 2. The Balaban J connectivity index is 2.17. The fraction of sp³-hybridized carbons (Fsp3) is 0.500. The Morgan fingerprint density at radius 1 is 1.50 bits per heavy atom. The summed E-state index contributed by atoms with van der Waals surface area (Å²) in [6.07, 6.45) is 3.73. The number of benzene rings is 1. The molecule has 1 aromatic carbocycles. The van der Waals surface area contributed by atoms with Crippen LogP contribution in [0.15, 0.2) is 18.2 Å². The van der Waals surface area contributed by atoms with Crippen LogP contribution in [0.25, 0.3) is 0 Å². The molecule has 98 valence electrons. The molecule has 0 radical (unpaired) electrons. The van der Waals surface area contributed by atoms with E-state index in [9.17, 15) is 4.79 Å². The van der Waals surface area contributed by atoms with Crippen molar-refractivity contribution in [3.05, 3.63) is 23.8 Å². The van der Waals surface area contributed by atoms with Crippen molar-refractivity contribution in [2.45, 2.75) is 26.2 Å². The number of rotatable bonds is 4. The zero-order valence-corrected chi connectivity index (χ0v) is 11.0. The van der Waals surface area contributed by atoms with Crippen molar-refractivity contribution in [3.8, 4) is 0 Å². The van der Waals surface area contributed by atoms with E-state index in [2.05, 4.69) is 12.2 Å². The van der Waals surface area contributed by atoms with Gasteiger partial charge in [-0.3, -0.25) is 0 Å². The normalized spacial score (nSPS) is 16.8. The molecule has 1 fully saturated rings. The van der Waals surface area contributed by atoms with Gasteiger partial charge in [0, 0.05) is 6.54 Å². The summed E-state index contributed by atoms with van der Waals surface area (Å²) in [5.74, 6) is -0.358. The molecular weight excluding hydrogens is 228 g/mol. The van der Waals surface area contributed by atoms with Crippen molar-refractivity contribution < 1.29 is 9.53 Å². The Morgan fingerprint density at radius 3 is 2.78 bits per heavy atom. The first-order chi connectivity index (χ1) is 8.56. The van der Waals surface area contributed by atoms with Crippen LogP contribution in [0.1, 0.15) is 36.5 Å². The number of nitrogens with one attached hydrogen (secondary N) is 1. The van der Waals surface area contributed by atoms with E-state index >= 15 is 0 Å². The maximum atomic E-state index is 11.7. The van der Waals surface area contributed by atoms with Gasteiger partial charge in [0.15, 0.2) is 0 Å². The molecule has 3 N–H and O–H groups in total. The summed E-state index contributed by atoms with van der Waals surface area (Å²) in [6.45, 7) is 3.09. The highest BCUT2D eigenvalue weighted by Gasteiger charge is 2.31. The number of esters is 1. The van der Waals surface area contributed by atoms with E-state index in [1.54, 1.807) is 18.2 Å². The lowest BCUT2D eigenvalue weighted by atomic mass is 9.70. The Hall–Kier alpha value is -1.71. The molecular formula is C14H20N2O2. The lowest BCUT2D eigenvalue weighted by Gasteiger charge is -2.39. The SMILES string of the molecule is COC(=O)c1cccc(N)c1NCC1(C)CCC1. The number of carbonyl (C=O) groups excluding carboxylic acids is 1. The number of para-hydroxylation sites is 1. The molecule has 4 nitrogen and oxygen atoms in total. The van der Waals surface area contributed by atoms with Crippen LogP contribution in [0.5, 0.6) is 0 Å². The minimum atomic E-state index is -0.358. The Kier molecular flexibility index (Phi) is 3.45. The first-order valence-corrected chi connectivity index (χ1v) is 6.26. The third kappa shape index (κ3) is 2.42. The van der Waals surface area contributed by atoms with Gasteiger partial charge in [-0.2, -0.15) is 0 Å². The van der Waals surface area contributed by atoms with E-state index in [1.807, 2.05) is 0 Å². The van der Waals surface area contributed by atoms with Crippen LogP contribution in [-0.4, -0.2) is 19.6 Å². The van der Waals surface area contributed by atoms with Crippen LogP contribution in [0, 0.1) is 5.41 Å². The van der Waals surface area contributed by atoms with E-state index in [-0.39, 0.29) is 5.97 Å². The van der Waals surface area contributed by atoms with E-state index in [0.717, 1.165) is 6.54 Å². The molecule has 1 saturated carbocycles. The largest absolute Gasteiger partial charge is 0.465 e. The number of hydrogen-bond acceptors (Lipinski definition) is 4. The van der Waals surface area contributed by atoms with Crippen LogP contribution in [-0.2, 0) is 4.74 Å². The molecule has 18 heavy (non-hydrogen) atoms. The third-order valence-corrected chi connectivity index (χ3v) is 3.75. The molecule has 0 aliphatic heterocycles. The molecule has 0 atom stereocenters. The maximum Gasteiger partial charge on any atom is 0.340 e. The summed E-state index contributed by atoms with van der Waals surface area (Å²) in [5.41, 5.74) is 8.04. The van der Waals surface area contributed by atoms with E-state index in [0.29, 0.717) is 22.4 Å². The first kappa shape index (κ1) is 12.7. The van der Waals surface area contributed by atoms with E-state index in [1.165, 1.54) is 26.4 Å². The average Bonchev–Trinajstić information content (AvgIpc) is 2.34. The summed E-state index contributed by atoms with van der Waals surface area (Å²) in [5, 5.41) is 3.31. The second kappa shape index (κ2) is 4.88. The van der Waals surface area contributed by atoms with Crippen molar-refractivity contribution in [2.24, 2.45) is 5.41 Å². The Labute approximate surface area is 108 Å². The van der Waals surface area contributed by atoms with Gasteiger partial charge in [-0.1, -0.05) is 19.4 Å². The second-order valence-electron chi connectivity index (χ2n) is 5.28. The zero-order chi connectivity index (χ0) is 13.2. The van der Waals surface area contributed by atoms with Crippen LogP contribution in [0.2, 0.25) is 0 Å². The quantitative estimate of drug-likeness (QED) is 0.635. The van der Waals surface area contributed by atoms with Crippen LogP contribution in [0.4, 0.5) is 11.4 Å². The van der Waals surface area contributed by atoms with Crippen molar-refractivity contribution in [1.29, 1.82) is 0 Å². The maximum absolute atomic E-state index is 11.7. The predicted octanol–water partition coefficient (Wildman–Crippen LogP) is 2.66. The average molecular weight is 248 g/mol. The molecule has 2 rings (SSSR count). The molecule has 0 amide bonds. The molecule has 0 heterocycles. The van der Waals surface area contributed by atoms with Crippen molar-refractivity contribution >= 4 is 17.3 Å². The number of methoxy groups -OCH3 is 1. The second-order valence-corrected chi connectivity index (χ2v) is 5.28. The molecule has 0 spiro atoms. The number of anilines is 2. The number of nitrogen functional groups attached to an aromatic ring is 1. The van der Waals surface area contributed by atoms with Gasteiger partial charge >= 0.3 is 5.97 Å². The highest BCUT2D eigenvalue weighted by Crippen LogP contribution is 2.40. The fourth-order valence-electron chi connectivity index (χ4n) is 2.31. The molecule has 0 aromatic heterocycles. The standard InChI is InChI=1S/C14H20N2O2/c1-14(7-4-8-14)9-16-12-10(13(17)18-2)5-3-6-11(12)15/h3,5-6,16H,4,7-9,15H2,1-2H3. The zero-order valence-electron chi connectivity index (χ0n) is 11.0. The number of ether oxygens (including phenoxy) is 1. The first-order valence-electron chi connectivity index (χ1n) is 6.26. The van der Waals surface area contributed by atoms with Gasteiger partial charge in [-0.25, -0.2) is 4.79 Å². The van der Waals surface area contributed by atoms with Crippen LogP contribution in [0.3, 0.4) is 0 Å². The lowest BCUT2D eigenvalue weighted by Crippen LogP contribution is -2.33. The third-order valence-electron chi connectivity index (χ3n) is 3.75. The summed E-state index contributed by atoms with van der Waals surface area (Å²) in [4.78, 5) is 11.7. The summed E-state index contributed by atoms with van der Waals surface area (Å²) >= 11 is 0. The smallest absolute Gasteiger partial charge is 0.340 e. The molecule has 0 unspecified atom stereocenters. The van der Waals surface area contributed by atoms with Crippen molar-refractivity contribution in [1.82, 2.24) is 0 Å². The van der Waals surface area contributed by atoms with Gasteiger partial charge in [-0.15, -0.1) is 0 Å². The van der Waals surface area contributed by atoms with Crippen molar-refractivity contribution in [2.75, 3.05) is 24.7 Å². The molecule has 1 aliphatic rings. The number of nitrogens with two attached hydrogens (primary N) is 1. The van der Waals surface area contributed by atoms with Gasteiger partial charge in [-0.05, 0) is 30.4 Å². The van der Waals surface area contributed by atoms with Gasteiger partial charge in [0.05, 0.1) is 24.0 Å². The minimum Gasteiger partial charge on any atom is -0.465 e. The van der Waals surface area contributed by atoms with E-state index in [4.69, 9.17) is 10.5 Å². The van der Waals surface area contributed by atoms with Crippen LogP contribution >= 0.6 is 0 Å². The van der Waals surface area contributed by atoms with Gasteiger partial charge < -0.3 is 15.8 Å². The molecule has 4 heteroatoms. The molecule has 0 saturated heterocycles. The topological polar surface area (TPSA) is 64.3 Å². The van der Waals surface area contributed by atoms with Gasteiger partial charge in [0.2, 0.25) is 0 Å². The Morgan fingerprint density at radius 2 is 2.22 bits per heavy atom. The fourth-order valence-corrected chi connectivity index (χ4v) is 2.31. The minimum absolute atomic E-state index is 0.329. The molecule has 1 aliphatic carbocycles. The van der Waals surface area contributed by atoms with Crippen molar-refractivity contribution in [3.63, 3.8) is 0 Å². The molecule has 1 aromatic rings. The predicted molar refractivity (Wildman–Crippen MR) is 72.6 cm³/mol. The lowest BCUT2D eigenvalue weighted by molar-refractivity contribution is 0.0601. The monoisotopic (exact) mass is 248 g/mol. The highest BCUT2D eigenvalue weighted by atomic mass is 16.5. The van der Waals surface area contributed by atoms with Gasteiger partial charge in [0.25, 0.3) is 0 Å². The number of carbonyl (C=O) groups is 1. The Bertz CT molecular complexity index is 453. The van der Waals surface area contributed by atoms with Gasteiger partial charge in [0.1, 0.15) is 0 Å². The van der Waals surface area contributed by atoms with E-state index < -0.39 is 0 Å². The van der Waals surface area contributed by atoms with Crippen LogP contribution < -0.4 is 11.1 Å². The highest BCUT2D eigenvalue weighted by molar-refractivity contribution is 5.98. The summed E-state index contributed by atoms with van der Waals surface area (Å²) in [6, 6.07) is 5.28. The molecule has 0 bridgehead atoms. The summed E-state index contributed by atoms with van der Waals surface area (Å²) < 4.78 is 4.77.